The first kappa shape index (κ1) is 60.3. The van der Waals surface area contributed by atoms with Crippen LogP contribution in [0.3, 0.4) is 0 Å². The number of fused-ring (bicyclic) bond motifs is 12. The number of nitrogens with zero attached hydrogens (tertiary/aromatic N) is 7. The topological polar surface area (TPSA) is 234 Å². The Morgan fingerprint density at radius 2 is 1.72 bits per heavy atom. The van der Waals surface area contributed by atoms with Crippen molar-refractivity contribution in [3.8, 4) is 57.3 Å². The van der Waals surface area contributed by atoms with Crippen LogP contribution < -0.4 is 39.4 Å². The van der Waals surface area contributed by atoms with Crippen molar-refractivity contribution in [2.45, 2.75) is 120 Å². The van der Waals surface area contributed by atoms with Gasteiger partial charge in [0.15, 0.2) is 40.0 Å². The number of carbonyl (C=O) groups is 2. The lowest BCUT2D eigenvalue weighted by Crippen LogP contribution is -2.70. The number of halogens is 1. The summed E-state index contributed by atoms with van der Waals surface area (Å²) in [6.07, 6.45) is 8.12. The van der Waals surface area contributed by atoms with Crippen molar-refractivity contribution in [2.75, 3.05) is 73.2 Å². The summed E-state index contributed by atoms with van der Waals surface area (Å²) in [5.41, 5.74) is 7.31. The maximum absolute atomic E-state index is 15.1. The number of piperidine rings is 1. The molecule has 4 N–H and O–H groups in total. The lowest BCUT2D eigenvalue weighted by Gasteiger charge is -2.62. The molecular formula is C66H75FN8O13S. The summed E-state index contributed by atoms with van der Waals surface area (Å²) in [5.74, 6) is 1.11. The van der Waals surface area contributed by atoms with E-state index in [4.69, 9.17) is 33.2 Å². The van der Waals surface area contributed by atoms with Crippen LogP contribution >= 0.6 is 11.8 Å². The third-order valence-electron chi connectivity index (χ3n) is 19.2. The first-order chi connectivity index (χ1) is 42.8. The van der Waals surface area contributed by atoms with Crippen molar-refractivity contribution in [1.82, 2.24) is 39.1 Å². The third kappa shape index (κ3) is 9.97. The number of imidazole rings is 1. The van der Waals surface area contributed by atoms with Gasteiger partial charge in [0.25, 0.3) is 0 Å². The molecule has 0 aliphatic carbocycles. The summed E-state index contributed by atoms with van der Waals surface area (Å²) < 4.78 is 60.2. The molecule has 4 aromatic carbocycles. The molecule has 4 bridgehead atoms. The van der Waals surface area contributed by atoms with E-state index in [1.807, 2.05) is 51.8 Å². The van der Waals surface area contributed by atoms with Gasteiger partial charge >= 0.3 is 17.6 Å². The number of aliphatic hydroxyl groups excluding tert-OH is 1. The number of aliphatic hydroxyl groups is 1. The highest BCUT2D eigenvalue weighted by molar-refractivity contribution is 7.99. The fraction of sp³-hybridized carbons (Fsp3) is 0.470. The number of phenols is 2. The second kappa shape index (κ2) is 23.6. The number of rotatable bonds is 10. The quantitative estimate of drug-likeness (QED) is 0.0572. The van der Waals surface area contributed by atoms with Crippen LogP contribution in [-0.4, -0.2) is 153 Å². The van der Waals surface area contributed by atoms with Gasteiger partial charge in [-0.15, -0.1) is 11.8 Å². The number of nitrogens with one attached hydrogen (secondary N) is 1. The number of likely N-dealkylation sites (N-methyl/N-ethyl adjacent to an activating group) is 1. The molecule has 3 aromatic heterocycles. The number of pyridine rings is 2. The molecule has 89 heavy (non-hydrogen) atoms. The monoisotopic (exact) mass is 1240 g/mol. The molecule has 0 saturated carbocycles. The highest BCUT2D eigenvalue weighted by atomic mass is 32.2. The highest BCUT2D eigenvalue weighted by Crippen LogP contribution is 2.64. The number of benzene rings is 4. The summed E-state index contributed by atoms with van der Waals surface area (Å²) in [5, 5.41) is 38.9. The average Bonchev–Trinajstić information content (AvgIpc) is 0.990. The number of hydrogen-bond donors (Lipinski definition) is 4. The number of ether oxygens (including phenoxy) is 7. The van der Waals surface area contributed by atoms with Crippen LogP contribution in [0.5, 0.6) is 46.1 Å². The number of hydrogen-bond acceptors (Lipinski definition) is 20. The molecule has 21 nitrogen and oxygen atoms in total. The Morgan fingerprint density at radius 1 is 0.933 bits per heavy atom. The van der Waals surface area contributed by atoms with E-state index < -0.39 is 47.1 Å². The van der Waals surface area contributed by atoms with Gasteiger partial charge in [0.2, 0.25) is 12.7 Å². The Labute approximate surface area is 518 Å². The maximum Gasteiger partial charge on any atom is 0.331 e. The zero-order chi connectivity index (χ0) is 62.5. The van der Waals surface area contributed by atoms with E-state index in [2.05, 4.69) is 25.1 Å². The summed E-state index contributed by atoms with van der Waals surface area (Å²) in [6.45, 7) is 13.2. The maximum atomic E-state index is 15.1. The van der Waals surface area contributed by atoms with E-state index in [0.29, 0.717) is 99.3 Å². The minimum atomic E-state index is -1.36. The van der Waals surface area contributed by atoms with E-state index in [0.717, 1.165) is 46.1 Å². The van der Waals surface area contributed by atoms with Crippen molar-refractivity contribution in [1.29, 1.82) is 0 Å². The Kier molecular flexibility index (Phi) is 16.0. The average molecular weight is 1240 g/mol. The number of esters is 2. The van der Waals surface area contributed by atoms with E-state index in [9.17, 15) is 29.7 Å². The van der Waals surface area contributed by atoms with Crippen molar-refractivity contribution in [3.05, 3.63) is 116 Å². The lowest BCUT2D eigenvalue weighted by molar-refractivity contribution is -0.186. The molecule has 1 spiro atoms. The fourth-order valence-electron chi connectivity index (χ4n) is 15.0. The van der Waals surface area contributed by atoms with E-state index in [-0.39, 0.29) is 60.0 Å². The summed E-state index contributed by atoms with van der Waals surface area (Å²) in [4.78, 5) is 55.9. The molecule has 3 fully saturated rings. The van der Waals surface area contributed by atoms with Gasteiger partial charge in [-0.3, -0.25) is 34.0 Å². The second-order valence-electron chi connectivity index (χ2n) is 24.6. The lowest BCUT2D eigenvalue weighted by atomic mass is 9.73. The van der Waals surface area contributed by atoms with Gasteiger partial charge in [-0.05, 0) is 126 Å². The molecule has 7 unspecified atom stereocenters. The molecule has 0 amide bonds. The molecule has 7 aromatic rings. The zero-order valence-corrected chi connectivity index (χ0v) is 52.3. The van der Waals surface area contributed by atoms with Gasteiger partial charge in [-0.25, -0.2) is 19.0 Å². The number of aryl methyl sites for hydroxylation is 2. The first-order valence-electron chi connectivity index (χ1n) is 30.5. The van der Waals surface area contributed by atoms with Gasteiger partial charge < -0.3 is 53.4 Å². The van der Waals surface area contributed by atoms with Gasteiger partial charge in [0, 0.05) is 102 Å². The minimum absolute atomic E-state index is 0.0226. The number of piperazine rings is 1. The minimum Gasteiger partial charge on any atom is -0.504 e. The zero-order valence-electron chi connectivity index (χ0n) is 51.5. The molecule has 11 heterocycles. The largest absolute Gasteiger partial charge is 0.504 e. The highest BCUT2D eigenvalue weighted by Gasteiger charge is 2.61. The Balaban J connectivity index is 0.000000180. The second-order valence-corrected chi connectivity index (χ2v) is 25.7. The van der Waals surface area contributed by atoms with Crippen LogP contribution in [0.25, 0.3) is 33.1 Å². The van der Waals surface area contributed by atoms with Crippen LogP contribution in [0.4, 0.5) is 4.39 Å². The third-order valence-corrected chi connectivity index (χ3v) is 20.6. The number of methoxy groups -OCH3 is 2. The normalized spacial score (nSPS) is 23.7. The number of aromatic nitrogens is 4. The Bertz CT molecular complexity index is 4040. The van der Waals surface area contributed by atoms with Crippen LogP contribution in [0, 0.1) is 19.7 Å². The molecule has 3 saturated heterocycles. The van der Waals surface area contributed by atoms with Gasteiger partial charge in [-0.2, -0.15) is 0 Å². The van der Waals surface area contributed by atoms with Crippen LogP contribution in [0.1, 0.15) is 114 Å². The predicted molar refractivity (Wildman–Crippen MR) is 331 cm³/mol. The van der Waals surface area contributed by atoms with Crippen molar-refractivity contribution >= 4 is 45.6 Å². The van der Waals surface area contributed by atoms with Crippen LogP contribution in [0.15, 0.2) is 59.7 Å². The van der Waals surface area contributed by atoms with E-state index >= 15 is 4.39 Å². The molecular weight excluding hydrogens is 1160 g/mol. The van der Waals surface area contributed by atoms with Crippen molar-refractivity contribution in [2.24, 2.45) is 7.05 Å². The van der Waals surface area contributed by atoms with Gasteiger partial charge in [0.05, 0.1) is 66.9 Å². The van der Waals surface area contributed by atoms with E-state index in [1.165, 1.54) is 71.3 Å². The fourth-order valence-corrected chi connectivity index (χ4v) is 16.7. The van der Waals surface area contributed by atoms with Gasteiger partial charge in [-0.1, -0.05) is 12.5 Å². The number of carbonyl (C=O) groups excluding carboxylic acids is 2. The van der Waals surface area contributed by atoms with E-state index in [1.54, 1.807) is 52.8 Å². The summed E-state index contributed by atoms with van der Waals surface area (Å²) in [6, 6.07) is 9.90. The Morgan fingerprint density at radius 3 is 2.45 bits per heavy atom. The van der Waals surface area contributed by atoms with Crippen LogP contribution in [-0.2, 0) is 39.8 Å². The summed E-state index contributed by atoms with van der Waals surface area (Å²) >= 11 is 1.47. The van der Waals surface area contributed by atoms with Gasteiger partial charge in [0.1, 0.15) is 24.4 Å². The van der Waals surface area contributed by atoms with Crippen molar-refractivity contribution in [3.63, 3.8) is 0 Å². The summed E-state index contributed by atoms with van der Waals surface area (Å²) in [7, 11) is 6.69. The molecule has 7 atom stereocenters. The van der Waals surface area contributed by atoms with Crippen LogP contribution in [0.2, 0.25) is 0 Å². The molecule has 15 rings (SSSR count). The standard InChI is InChI=1S/C39H43N3O11S.C27H32FN5O2/c1-16-9-20-10-22-37(46)42-23-13-50-38(47)39(21-12-25(48-5)24(44)11-19(21)7-8-40-39)14-54-36(30(42)29(41(22)4)26(20)31(45)32(16)49-6)28-27(23)35-34(51-15-52-35)17(2)33(28)53-18(3)43;1-18(2)33-26-21-14-20(22(28)15-23(21)29-17-24(26)31(3)27(33)34)19-8-9-25(30-16-19)35-13-7-12-32-10-5-4-6-11-32/h9,11-12,22-23,29-30,36-37,40,44-46H,7-8,10,13-15H2,1-6H3;8-9,14-18H,4-7,10-13H2,1-3H3. The number of phenolic OH excluding ortho intramolecular Hbond substituents is 2. The SMILES string of the molecule is CC(C)n1c(=O)n(C)c2cnc3cc(F)c(-c4ccc(OCCCN5CCCCC5)nc4)cc3c21.COc1cc2c(cc1O)CCNC21CSC2c3c(OC(C)=O)c(C)c4c(c3C(COC1=O)N1C(O)C3Cc5cc(C)c(OC)c(O)c5C(C21)N3C)OCO4. The molecule has 23 heteroatoms. The number of thioether (sulfide) groups is 1. The van der Waals surface area contributed by atoms with Crippen molar-refractivity contribution < 1.29 is 62.5 Å². The predicted octanol–water partition coefficient (Wildman–Crippen LogP) is 8.34. The smallest absolute Gasteiger partial charge is 0.331 e. The molecule has 8 aliphatic rings. The Hall–Kier alpha value is -7.67. The number of aromatic hydroxyl groups is 2. The molecule has 0 radical (unpaired) electrons. The molecule has 8 aliphatic heterocycles. The first-order valence-corrected chi connectivity index (χ1v) is 31.6. The molecule has 470 valence electrons. The number of likely N-dealkylation sites (tertiary alicyclic amines) is 1.